The minimum atomic E-state index is -4.17. The van der Waals surface area contributed by atoms with Gasteiger partial charge in [0.05, 0.1) is 30.7 Å². The van der Waals surface area contributed by atoms with Crippen LogP contribution in [0.4, 0.5) is 4.79 Å². The summed E-state index contributed by atoms with van der Waals surface area (Å²) in [5.74, 6) is 0.756. The quantitative estimate of drug-likeness (QED) is 0.495. The topological polar surface area (TPSA) is 124 Å². The number of amides is 1. The summed E-state index contributed by atoms with van der Waals surface area (Å²) in [6.07, 6.45) is -1.81. The highest BCUT2D eigenvalue weighted by atomic mass is 32.2. The third kappa shape index (κ3) is 7.31. The Morgan fingerprint density at radius 1 is 1.11 bits per heavy atom. The second-order valence-electron chi connectivity index (χ2n) is 8.99. The Morgan fingerprint density at radius 2 is 1.77 bits per heavy atom. The summed E-state index contributed by atoms with van der Waals surface area (Å²) in [7, 11) is -2.98. The summed E-state index contributed by atoms with van der Waals surface area (Å²) < 4.78 is 43.4. The number of ether oxygens (including phenoxy) is 3. The Kier molecular flexibility index (Phi) is 8.60. The molecule has 11 heteroatoms. The molecular formula is C24H32N2O8S. The first-order valence-corrected chi connectivity index (χ1v) is 12.6. The summed E-state index contributed by atoms with van der Waals surface area (Å²) in [6.45, 7) is 5.41. The van der Waals surface area contributed by atoms with Crippen LogP contribution >= 0.6 is 0 Å². The number of aliphatic hydroxyl groups is 1. The number of alkyl carbamates (subject to hydrolysis) is 1. The molecule has 0 aromatic heterocycles. The van der Waals surface area contributed by atoms with E-state index in [0.717, 1.165) is 5.56 Å². The van der Waals surface area contributed by atoms with Gasteiger partial charge in [0.2, 0.25) is 0 Å². The third-order valence-corrected chi connectivity index (χ3v) is 6.77. The van der Waals surface area contributed by atoms with E-state index in [1.54, 1.807) is 20.8 Å². The van der Waals surface area contributed by atoms with Crippen molar-refractivity contribution in [3.8, 4) is 11.5 Å². The molecule has 0 bridgehead atoms. The average Bonchev–Trinajstić information content (AvgIpc) is 2.81. The van der Waals surface area contributed by atoms with Gasteiger partial charge in [0, 0.05) is 6.07 Å². The van der Waals surface area contributed by atoms with E-state index in [1.165, 1.54) is 25.3 Å². The van der Waals surface area contributed by atoms with Gasteiger partial charge in [0.15, 0.2) is 11.5 Å². The molecule has 0 aliphatic carbocycles. The van der Waals surface area contributed by atoms with Crippen LogP contribution in [0.25, 0.3) is 0 Å². The molecular weight excluding hydrogens is 476 g/mol. The molecule has 0 fully saturated rings. The summed E-state index contributed by atoms with van der Waals surface area (Å²) in [5.41, 5.74) is 0.0956. The van der Waals surface area contributed by atoms with E-state index in [2.05, 4.69) is 5.32 Å². The van der Waals surface area contributed by atoms with Gasteiger partial charge in [-0.2, -0.15) is 0 Å². The van der Waals surface area contributed by atoms with E-state index in [9.17, 15) is 18.3 Å². The van der Waals surface area contributed by atoms with E-state index in [1.807, 2.05) is 30.3 Å². The lowest BCUT2D eigenvalue weighted by Gasteiger charge is -2.29. The largest absolute Gasteiger partial charge is 0.486 e. The number of carbonyl (C=O) groups is 1. The molecule has 2 N–H and O–H groups in total. The van der Waals surface area contributed by atoms with Crippen molar-refractivity contribution >= 4 is 16.1 Å². The molecule has 192 valence electrons. The third-order valence-electron chi connectivity index (χ3n) is 5.08. The van der Waals surface area contributed by atoms with Gasteiger partial charge in [-0.05, 0) is 44.9 Å². The number of nitrogens with one attached hydrogen (secondary N) is 1. The van der Waals surface area contributed by atoms with Crippen LogP contribution < -0.4 is 14.8 Å². The lowest BCUT2D eigenvalue weighted by molar-refractivity contribution is -0.0771. The van der Waals surface area contributed by atoms with Crippen LogP contribution in [0.3, 0.4) is 0 Å². The number of carbonyl (C=O) groups excluding carboxylic acids is 1. The Hall–Kier alpha value is -2.86. The van der Waals surface area contributed by atoms with Crippen molar-refractivity contribution < 1.29 is 37.4 Å². The number of aliphatic hydroxyl groups excluding tert-OH is 1. The maximum Gasteiger partial charge on any atom is 0.407 e. The molecule has 10 nitrogen and oxygen atoms in total. The fraction of sp³-hybridized carbons (Fsp3) is 0.458. The van der Waals surface area contributed by atoms with Crippen molar-refractivity contribution in [3.05, 3.63) is 54.1 Å². The monoisotopic (exact) mass is 508 g/mol. The highest BCUT2D eigenvalue weighted by Crippen LogP contribution is 2.33. The summed E-state index contributed by atoms with van der Waals surface area (Å²) in [5, 5.41) is 13.7. The number of fused-ring (bicyclic) bond motifs is 1. The number of hydrogen-bond acceptors (Lipinski definition) is 8. The van der Waals surface area contributed by atoms with E-state index in [-0.39, 0.29) is 11.3 Å². The van der Waals surface area contributed by atoms with Gasteiger partial charge < -0.3 is 24.6 Å². The molecule has 2 aromatic rings. The van der Waals surface area contributed by atoms with Crippen molar-refractivity contribution in [1.82, 2.24) is 9.79 Å². The van der Waals surface area contributed by atoms with Crippen molar-refractivity contribution in [2.45, 2.75) is 49.8 Å². The smallest absolute Gasteiger partial charge is 0.407 e. The minimum Gasteiger partial charge on any atom is -0.486 e. The highest BCUT2D eigenvalue weighted by Gasteiger charge is 2.33. The normalized spacial score (nSPS) is 15.4. The second-order valence-corrected chi connectivity index (χ2v) is 10.8. The van der Waals surface area contributed by atoms with Gasteiger partial charge in [-0.1, -0.05) is 34.8 Å². The molecule has 0 saturated heterocycles. The van der Waals surface area contributed by atoms with E-state index in [0.29, 0.717) is 29.2 Å². The zero-order valence-corrected chi connectivity index (χ0v) is 21.1. The molecule has 0 radical (unpaired) electrons. The second kappa shape index (κ2) is 11.3. The first-order valence-electron chi connectivity index (χ1n) is 11.2. The lowest BCUT2D eigenvalue weighted by atomic mass is 10.0. The lowest BCUT2D eigenvalue weighted by Crippen LogP contribution is -2.51. The Balaban J connectivity index is 1.80. The average molecular weight is 509 g/mol. The summed E-state index contributed by atoms with van der Waals surface area (Å²) in [4.78, 5) is 17.5. The van der Waals surface area contributed by atoms with Gasteiger partial charge in [-0.3, -0.25) is 4.84 Å². The SMILES string of the molecule is CON(C[C@@H](O)[C@H](Cc1ccccc1)NC(=O)OC(C)(C)C)S(=O)(=O)c1ccc2c(c1)OCCO2. The number of rotatable bonds is 9. The summed E-state index contributed by atoms with van der Waals surface area (Å²) in [6, 6.07) is 12.6. The molecule has 2 atom stereocenters. The van der Waals surface area contributed by atoms with Crippen LogP contribution in [0.1, 0.15) is 26.3 Å². The molecule has 0 unspecified atom stereocenters. The standard InChI is InChI=1S/C24H32N2O8S/c1-24(2,3)34-23(28)25-19(14-17-8-6-5-7-9-17)20(27)16-26(31-4)35(29,30)18-10-11-21-22(15-18)33-13-12-32-21/h5-11,15,19-20,27H,12-14,16H2,1-4H3,(H,25,28)/t19-,20+/m0/s1. The minimum absolute atomic E-state index is 0.0875. The van der Waals surface area contributed by atoms with Crippen LogP contribution in [0.5, 0.6) is 11.5 Å². The van der Waals surface area contributed by atoms with Crippen LogP contribution in [0, 0.1) is 0 Å². The van der Waals surface area contributed by atoms with Gasteiger partial charge in [0.25, 0.3) is 10.0 Å². The fourth-order valence-electron chi connectivity index (χ4n) is 3.46. The zero-order chi connectivity index (χ0) is 25.6. The maximum absolute atomic E-state index is 13.3. The molecule has 1 aliphatic heterocycles. The molecule has 0 saturated carbocycles. The van der Waals surface area contributed by atoms with Gasteiger partial charge in [-0.15, -0.1) is 0 Å². The summed E-state index contributed by atoms with van der Waals surface area (Å²) >= 11 is 0. The Bertz CT molecular complexity index is 1100. The predicted molar refractivity (Wildman–Crippen MR) is 128 cm³/mol. The number of nitrogens with zero attached hydrogens (tertiary/aromatic N) is 1. The van der Waals surface area contributed by atoms with Crippen LogP contribution in [0.2, 0.25) is 0 Å². The highest BCUT2D eigenvalue weighted by molar-refractivity contribution is 7.89. The molecule has 1 aliphatic rings. The number of hydrogen-bond donors (Lipinski definition) is 2. The molecule has 35 heavy (non-hydrogen) atoms. The molecule has 2 aromatic carbocycles. The maximum atomic E-state index is 13.3. The van der Waals surface area contributed by atoms with Gasteiger partial charge >= 0.3 is 6.09 Å². The molecule has 1 heterocycles. The number of sulfonamides is 1. The first kappa shape index (κ1) is 26.7. The van der Waals surface area contributed by atoms with Crippen molar-refractivity contribution in [2.75, 3.05) is 26.9 Å². The fourth-order valence-corrected chi connectivity index (χ4v) is 4.74. The van der Waals surface area contributed by atoms with Gasteiger partial charge in [0.1, 0.15) is 18.8 Å². The predicted octanol–water partition coefficient (Wildman–Crippen LogP) is 2.51. The zero-order valence-electron chi connectivity index (χ0n) is 20.3. The molecule has 1 amide bonds. The van der Waals surface area contributed by atoms with Crippen molar-refractivity contribution in [2.24, 2.45) is 0 Å². The number of hydroxylamine groups is 1. The Labute approximate surface area is 205 Å². The molecule has 0 spiro atoms. The van der Waals surface area contributed by atoms with Crippen molar-refractivity contribution in [3.63, 3.8) is 0 Å². The number of benzene rings is 2. The van der Waals surface area contributed by atoms with E-state index in [4.69, 9.17) is 19.0 Å². The van der Waals surface area contributed by atoms with Crippen LogP contribution in [-0.4, -0.2) is 68.7 Å². The van der Waals surface area contributed by atoms with E-state index < -0.39 is 40.4 Å². The van der Waals surface area contributed by atoms with Gasteiger partial charge in [-0.25, -0.2) is 13.2 Å². The first-order chi connectivity index (χ1) is 16.5. The van der Waals surface area contributed by atoms with Crippen LogP contribution in [0.15, 0.2) is 53.4 Å². The molecule has 3 rings (SSSR count). The van der Waals surface area contributed by atoms with E-state index >= 15 is 0 Å². The van der Waals surface area contributed by atoms with Crippen molar-refractivity contribution in [1.29, 1.82) is 0 Å². The van der Waals surface area contributed by atoms with Crippen LogP contribution in [-0.2, 0) is 26.0 Å². The Morgan fingerprint density at radius 3 is 2.40 bits per heavy atom.